The van der Waals surface area contributed by atoms with E-state index < -0.39 is 4.92 Å². The van der Waals surface area contributed by atoms with Crippen LogP contribution in [0.15, 0.2) is 40.2 Å². The third-order valence-electron chi connectivity index (χ3n) is 2.86. The second-order valence-electron chi connectivity index (χ2n) is 4.30. The number of nitrogens with two attached hydrogens (primary N) is 1. The molecular weight excluding hydrogens is 292 g/mol. The van der Waals surface area contributed by atoms with Crippen LogP contribution in [-0.2, 0) is 6.42 Å². The molecule has 1 aromatic carbocycles. The van der Waals surface area contributed by atoms with Gasteiger partial charge in [0.2, 0.25) is 0 Å². The molecule has 0 aliphatic heterocycles. The summed E-state index contributed by atoms with van der Waals surface area (Å²) in [5.41, 5.74) is 6.47. The van der Waals surface area contributed by atoms with Gasteiger partial charge in [-0.3, -0.25) is 10.1 Å². The van der Waals surface area contributed by atoms with Crippen LogP contribution in [0, 0.1) is 10.1 Å². The van der Waals surface area contributed by atoms with Crippen LogP contribution in [0.3, 0.4) is 0 Å². The van der Waals surface area contributed by atoms with Crippen molar-refractivity contribution in [1.82, 2.24) is 10.1 Å². The van der Waals surface area contributed by atoms with E-state index in [2.05, 4.69) is 10.1 Å². The van der Waals surface area contributed by atoms with Gasteiger partial charge in [-0.05, 0) is 17.5 Å². The highest BCUT2D eigenvalue weighted by molar-refractivity contribution is 7.09. The summed E-state index contributed by atoms with van der Waals surface area (Å²) in [5.74, 6) is 0.695. The molecule has 3 rings (SSSR count). The number of benzene rings is 1. The van der Waals surface area contributed by atoms with E-state index >= 15 is 0 Å². The Morgan fingerprint density at radius 2 is 2.24 bits per heavy atom. The fraction of sp³-hybridized carbons (Fsp3) is 0.0769. The van der Waals surface area contributed by atoms with Gasteiger partial charge in [-0.25, -0.2) is 0 Å². The summed E-state index contributed by atoms with van der Waals surface area (Å²) in [6, 6.07) is 8.04. The molecule has 0 aliphatic rings. The van der Waals surface area contributed by atoms with Gasteiger partial charge in [0, 0.05) is 29.1 Å². The number of hydrogen-bond donors (Lipinski definition) is 1. The van der Waals surface area contributed by atoms with Crippen LogP contribution in [-0.4, -0.2) is 15.1 Å². The minimum atomic E-state index is -0.494. The van der Waals surface area contributed by atoms with E-state index in [0.717, 1.165) is 4.88 Å². The Kier molecular flexibility index (Phi) is 3.36. The van der Waals surface area contributed by atoms with Crippen molar-refractivity contribution in [1.29, 1.82) is 0 Å². The van der Waals surface area contributed by atoms with Crippen molar-refractivity contribution >= 4 is 22.7 Å². The third-order valence-corrected chi connectivity index (χ3v) is 3.74. The molecule has 0 aliphatic carbocycles. The molecule has 0 bridgehead atoms. The molecule has 7 nitrogen and oxygen atoms in total. The first-order valence-electron chi connectivity index (χ1n) is 6.03. The minimum absolute atomic E-state index is 0.0720. The van der Waals surface area contributed by atoms with Crippen molar-refractivity contribution in [2.75, 3.05) is 5.73 Å². The topological polar surface area (TPSA) is 108 Å². The fourth-order valence-corrected chi connectivity index (χ4v) is 2.55. The van der Waals surface area contributed by atoms with Crippen molar-refractivity contribution in [2.45, 2.75) is 6.42 Å². The SMILES string of the molecule is Nc1ccc([N+](=O)[O-])cc1-c1nc(Cc2cccs2)no1. The Hall–Kier alpha value is -2.74. The number of hydrogen-bond acceptors (Lipinski definition) is 7. The van der Waals surface area contributed by atoms with Crippen molar-refractivity contribution in [2.24, 2.45) is 0 Å². The summed E-state index contributed by atoms with van der Waals surface area (Å²) < 4.78 is 5.16. The Bertz CT molecular complexity index is 783. The van der Waals surface area contributed by atoms with E-state index in [0.29, 0.717) is 23.5 Å². The lowest BCUT2D eigenvalue weighted by molar-refractivity contribution is -0.384. The van der Waals surface area contributed by atoms with Gasteiger partial charge in [0.1, 0.15) is 0 Å². The van der Waals surface area contributed by atoms with E-state index in [1.807, 2.05) is 17.5 Å². The lowest BCUT2D eigenvalue weighted by Gasteiger charge is -1.99. The summed E-state index contributed by atoms with van der Waals surface area (Å²) >= 11 is 1.60. The zero-order valence-corrected chi connectivity index (χ0v) is 11.5. The summed E-state index contributed by atoms with van der Waals surface area (Å²) in [6.07, 6.45) is 0.552. The second kappa shape index (κ2) is 5.33. The number of thiophene rings is 1. The highest BCUT2D eigenvalue weighted by atomic mass is 32.1. The molecule has 0 saturated heterocycles. The van der Waals surface area contributed by atoms with Crippen molar-refractivity contribution in [3.8, 4) is 11.5 Å². The molecule has 3 aromatic rings. The van der Waals surface area contributed by atoms with Gasteiger partial charge in [-0.2, -0.15) is 4.98 Å². The van der Waals surface area contributed by atoms with E-state index in [-0.39, 0.29) is 11.6 Å². The summed E-state index contributed by atoms with van der Waals surface area (Å²) in [6.45, 7) is 0. The Labute approximate surface area is 123 Å². The highest BCUT2D eigenvalue weighted by Gasteiger charge is 2.16. The molecule has 8 heteroatoms. The molecule has 0 saturated carbocycles. The maximum Gasteiger partial charge on any atom is 0.270 e. The van der Waals surface area contributed by atoms with Gasteiger partial charge in [0.05, 0.1) is 10.5 Å². The van der Waals surface area contributed by atoms with Crippen LogP contribution in [0.25, 0.3) is 11.5 Å². The van der Waals surface area contributed by atoms with Crippen LogP contribution in [0.5, 0.6) is 0 Å². The number of rotatable bonds is 4. The van der Waals surface area contributed by atoms with Gasteiger partial charge < -0.3 is 10.3 Å². The smallest absolute Gasteiger partial charge is 0.270 e. The number of nitrogens with zero attached hydrogens (tertiary/aromatic N) is 3. The molecule has 0 fully saturated rings. The van der Waals surface area contributed by atoms with E-state index in [9.17, 15) is 10.1 Å². The normalized spacial score (nSPS) is 10.7. The predicted molar refractivity (Wildman–Crippen MR) is 77.9 cm³/mol. The zero-order chi connectivity index (χ0) is 14.8. The number of nitro groups is 1. The number of non-ortho nitro benzene ring substituents is 1. The van der Waals surface area contributed by atoms with Gasteiger partial charge in [0.25, 0.3) is 11.6 Å². The van der Waals surface area contributed by atoms with Gasteiger partial charge in [-0.15, -0.1) is 11.3 Å². The molecule has 21 heavy (non-hydrogen) atoms. The van der Waals surface area contributed by atoms with E-state index in [1.54, 1.807) is 11.3 Å². The van der Waals surface area contributed by atoms with Crippen LogP contribution in [0.4, 0.5) is 11.4 Å². The Balaban J connectivity index is 1.92. The molecule has 0 atom stereocenters. The molecule has 2 heterocycles. The Morgan fingerprint density at radius 3 is 2.95 bits per heavy atom. The largest absolute Gasteiger partial charge is 0.398 e. The van der Waals surface area contributed by atoms with Crippen molar-refractivity contribution in [3.63, 3.8) is 0 Å². The lowest BCUT2D eigenvalue weighted by atomic mass is 10.1. The van der Waals surface area contributed by atoms with Crippen LogP contribution >= 0.6 is 11.3 Å². The summed E-state index contributed by atoms with van der Waals surface area (Å²) in [7, 11) is 0. The fourth-order valence-electron chi connectivity index (χ4n) is 1.85. The van der Waals surface area contributed by atoms with Crippen LogP contribution in [0.1, 0.15) is 10.7 Å². The van der Waals surface area contributed by atoms with Crippen molar-refractivity contribution < 1.29 is 9.45 Å². The van der Waals surface area contributed by atoms with Crippen LogP contribution in [0.2, 0.25) is 0 Å². The van der Waals surface area contributed by atoms with Crippen molar-refractivity contribution in [3.05, 3.63) is 56.5 Å². The summed E-state index contributed by atoms with van der Waals surface area (Å²) in [4.78, 5) is 15.7. The molecule has 2 aromatic heterocycles. The van der Waals surface area contributed by atoms with Gasteiger partial charge in [0.15, 0.2) is 5.82 Å². The summed E-state index contributed by atoms with van der Waals surface area (Å²) in [5, 5.41) is 16.7. The molecular formula is C13H10N4O3S. The minimum Gasteiger partial charge on any atom is -0.398 e. The lowest BCUT2D eigenvalue weighted by Crippen LogP contribution is -1.94. The quantitative estimate of drug-likeness (QED) is 0.451. The van der Waals surface area contributed by atoms with Crippen LogP contribution < -0.4 is 5.73 Å². The highest BCUT2D eigenvalue weighted by Crippen LogP contribution is 2.28. The number of nitrogen functional groups attached to an aromatic ring is 1. The number of anilines is 1. The molecule has 106 valence electrons. The number of nitro benzene ring substituents is 1. The maximum absolute atomic E-state index is 10.8. The maximum atomic E-state index is 10.8. The first-order chi connectivity index (χ1) is 10.1. The monoisotopic (exact) mass is 302 g/mol. The van der Waals surface area contributed by atoms with Gasteiger partial charge >= 0.3 is 0 Å². The molecule has 2 N–H and O–H groups in total. The van der Waals surface area contributed by atoms with Gasteiger partial charge in [-0.1, -0.05) is 11.2 Å². The van der Waals surface area contributed by atoms with E-state index in [4.69, 9.17) is 10.3 Å². The molecule has 0 amide bonds. The average Bonchev–Trinajstić information content (AvgIpc) is 3.11. The Morgan fingerprint density at radius 1 is 1.38 bits per heavy atom. The average molecular weight is 302 g/mol. The number of aromatic nitrogens is 2. The molecule has 0 spiro atoms. The predicted octanol–water partition coefficient (Wildman–Crippen LogP) is 2.88. The zero-order valence-electron chi connectivity index (χ0n) is 10.7. The molecule has 0 unspecified atom stereocenters. The second-order valence-corrected chi connectivity index (χ2v) is 5.33. The molecule has 0 radical (unpaired) electrons. The third kappa shape index (κ3) is 2.75. The first kappa shape index (κ1) is 13.3. The standard InChI is InChI=1S/C13H10N4O3S/c14-11-4-3-8(17(18)19)6-10(11)13-15-12(16-20-13)7-9-2-1-5-21-9/h1-6H,7,14H2. The first-order valence-corrected chi connectivity index (χ1v) is 6.90. The van der Waals surface area contributed by atoms with E-state index in [1.165, 1.54) is 18.2 Å².